The highest BCUT2D eigenvalue weighted by molar-refractivity contribution is 14.1. The van der Waals surface area contributed by atoms with Gasteiger partial charge in [0.25, 0.3) is 0 Å². The molecule has 10 nitrogen and oxygen atoms in total. The SMILES string of the molecule is CCOC(=O)c1csc([C@@H](NC(=O)[C@@]2(NC(=O)[C@@H](NC(=S)NCc3ccccc3F)[C@@H](C)I)CCc3[nH]c4c(C(F)(F)F)cccc4c3C2)[C@@H](C)I)n1. The third kappa shape index (κ3) is 9.41. The van der Waals surface area contributed by atoms with E-state index in [1.54, 1.807) is 43.5 Å². The number of nitrogens with one attached hydrogen (secondary N) is 5. The molecular formula is C35H36F4I2N6O4S2. The minimum absolute atomic E-state index is 0.0539. The predicted octanol–water partition coefficient (Wildman–Crippen LogP) is 6.84. The molecule has 5 rings (SSSR count). The van der Waals surface area contributed by atoms with Crippen molar-refractivity contribution in [1.29, 1.82) is 0 Å². The zero-order chi connectivity index (χ0) is 38.7. The van der Waals surface area contributed by atoms with Gasteiger partial charge in [0.05, 0.1) is 23.7 Å². The van der Waals surface area contributed by atoms with E-state index in [0.717, 1.165) is 6.07 Å². The van der Waals surface area contributed by atoms with Crippen LogP contribution in [0.1, 0.15) is 71.1 Å². The van der Waals surface area contributed by atoms with Gasteiger partial charge in [-0.25, -0.2) is 14.2 Å². The van der Waals surface area contributed by atoms with E-state index in [-0.39, 0.29) is 56.6 Å². The second kappa shape index (κ2) is 17.1. The number of alkyl halides is 5. The molecular weight excluding hydrogens is 962 g/mol. The van der Waals surface area contributed by atoms with Gasteiger partial charge in [-0.1, -0.05) is 89.4 Å². The number of thiazole rings is 1. The van der Waals surface area contributed by atoms with Crippen LogP contribution in [0.2, 0.25) is 0 Å². The highest BCUT2D eigenvalue weighted by atomic mass is 127. The van der Waals surface area contributed by atoms with Gasteiger partial charge in [0, 0.05) is 42.8 Å². The molecule has 5 N–H and O–H groups in total. The number of rotatable bonds is 12. The third-order valence-corrected chi connectivity index (χ3v) is 11.5. The molecule has 0 saturated carbocycles. The van der Waals surface area contributed by atoms with Crippen molar-refractivity contribution in [3.63, 3.8) is 0 Å². The van der Waals surface area contributed by atoms with Crippen molar-refractivity contribution < 1.29 is 36.7 Å². The summed E-state index contributed by atoms with van der Waals surface area (Å²) in [5.74, 6) is -2.17. The number of benzene rings is 2. The normalized spacial score (nSPS) is 17.9. The molecule has 0 aliphatic heterocycles. The Morgan fingerprint density at radius 1 is 1.09 bits per heavy atom. The smallest absolute Gasteiger partial charge is 0.418 e. The van der Waals surface area contributed by atoms with Crippen LogP contribution in [0.4, 0.5) is 17.6 Å². The molecule has 0 fully saturated rings. The predicted molar refractivity (Wildman–Crippen MR) is 215 cm³/mol. The van der Waals surface area contributed by atoms with Gasteiger partial charge in [-0.3, -0.25) is 9.59 Å². The van der Waals surface area contributed by atoms with Crippen LogP contribution in [-0.4, -0.2) is 58.9 Å². The molecule has 18 heteroatoms. The van der Waals surface area contributed by atoms with E-state index in [4.69, 9.17) is 17.0 Å². The number of carbonyl (C=O) groups is 3. The lowest BCUT2D eigenvalue weighted by Gasteiger charge is -2.39. The number of hydrogen-bond donors (Lipinski definition) is 5. The number of ether oxygens (including phenoxy) is 1. The Kier molecular flexibility index (Phi) is 13.3. The summed E-state index contributed by atoms with van der Waals surface area (Å²) in [7, 11) is 0. The van der Waals surface area contributed by atoms with Gasteiger partial charge in [0.2, 0.25) is 11.8 Å². The fourth-order valence-electron chi connectivity index (χ4n) is 6.16. The highest BCUT2D eigenvalue weighted by Crippen LogP contribution is 2.40. The van der Waals surface area contributed by atoms with Crippen LogP contribution in [0.15, 0.2) is 47.8 Å². The molecule has 1 aliphatic carbocycles. The Morgan fingerprint density at radius 3 is 2.49 bits per heavy atom. The number of esters is 1. The Bertz CT molecular complexity index is 2010. The van der Waals surface area contributed by atoms with E-state index in [2.05, 4.69) is 76.4 Å². The number of H-pyrrole nitrogens is 1. The number of para-hydroxylation sites is 1. The monoisotopic (exact) mass is 998 g/mol. The largest absolute Gasteiger partial charge is 0.461 e. The summed E-state index contributed by atoms with van der Waals surface area (Å²) in [6.07, 6.45) is -4.53. The summed E-state index contributed by atoms with van der Waals surface area (Å²) in [6.45, 7) is 5.53. The Labute approximate surface area is 339 Å². The van der Waals surface area contributed by atoms with Crippen LogP contribution >= 0.6 is 68.7 Å². The summed E-state index contributed by atoms with van der Waals surface area (Å²) in [5.41, 5.74) is -1.05. The number of aromatic nitrogens is 2. The van der Waals surface area contributed by atoms with E-state index in [1.807, 2.05) is 6.92 Å². The standard InChI is InChI=1S/C35H36F4I2N6O4S2/c1-4-51-31(49)25-16-53-30(44-25)27(18(3)41)45-32(50)34(13-12-24-21(14-34)20-9-7-10-22(28(20)43-24)35(37,38)39)47-29(48)26(17(2)40)46-33(52)42-15-19-8-5-6-11-23(19)36/h5-11,16-18,26-27,43H,4,12-15H2,1-3H3,(H,45,50)(H,47,48)(H2,42,46,52)/t17-,18-,26+,27+,34-/m1/s1. The molecule has 0 spiro atoms. The lowest BCUT2D eigenvalue weighted by molar-refractivity contribution is -0.136. The number of nitrogens with zero attached hydrogens (tertiary/aromatic N) is 1. The van der Waals surface area contributed by atoms with Crippen molar-refractivity contribution in [3.05, 3.63) is 86.7 Å². The minimum atomic E-state index is -4.62. The lowest BCUT2D eigenvalue weighted by Crippen LogP contribution is -2.66. The van der Waals surface area contributed by atoms with E-state index >= 15 is 0 Å². The number of thiocarbonyl (C=S) groups is 1. The van der Waals surface area contributed by atoms with Crippen LogP contribution in [-0.2, 0) is 39.9 Å². The van der Waals surface area contributed by atoms with Gasteiger partial charge < -0.3 is 31.0 Å². The molecule has 2 aromatic heterocycles. The fourth-order valence-corrected chi connectivity index (χ4v) is 8.57. The Balaban J connectivity index is 1.47. The highest BCUT2D eigenvalue weighted by Gasteiger charge is 2.47. The maximum absolute atomic E-state index is 14.7. The van der Waals surface area contributed by atoms with Crippen molar-refractivity contribution in [2.24, 2.45) is 0 Å². The molecule has 2 heterocycles. The van der Waals surface area contributed by atoms with Gasteiger partial charge in [0.1, 0.15) is 22.4 Å². The molecule has 5 atom stereocenters. The van der Waals surface area contributed by atoms with Crippen molar-refractivity contribution in [1.82, 2.24) is 31.2 Å². The lowest BCUT2D eigenvalue weighted by atomic mass is 9.78. The minimum Gasteiger partial charge on any atom is -0.461 e. The van der Waals surface area contributed by atoms with Crippen LogP contribution < -0.4 is 21.3 Å². The topological polar surface area (TPSA) is 137 Å². The summed E-state index contributed by atoms with van der Waals surface area (Å²) in [6, 6.07) is 8.41. The van der Waals surface area contributed by atoms with Crippen molar-refractivity contribution in [2.45, 2.75) is 78.2 Å². The zero-order valence-corrected chi connectivity index (χ0v) is 34.6. The fraction of sp³-hybridized carbons (Fsp3) is 0.400. The summed E-state index contributed by atoms with van der Waals surface area (Å²) >= 11 is 10.8. The molecule has 0 unspecified atom stereocenters. The average molecular weight is 999 g/mol. The second-order valence-electron chi connectivity index (χ2n) is 12.5. The number of amides is 2. The molecule has 53 heavy (non-hydrogen) atoms. The maximum atomic E-state index is 14.7. The van der Waals surface area contributed by atoms with Crippen LogP contribution in [0.25, 0.3) is 10.9 Å². The molecule has 2 aromatic carbocycles. The third-order valence-electron chi connectivity index (χ3n) is 8.86. The van der Waals surface area contributed by atoms with Crippen molar-refractivity contribution >= 4 is 103 Å². The quantitative estimate of drug-likeness (QED) is 0.0343. The van der Waals surface area contributed by atoms with Gasteiger partial charge in [-0.2, -0.15) is 13.2 Å². The molecule has 4 aromatic rings. The number of hydrogen-bond acceptors (Lipinski definition) is 7. The van der Waals surface area contributed by atoms with Gasteiger partial charge in [-0.15, -0.1) is 11.3 Å². The van der Waals surface area contributed by atoms with E-state index < -0.39 is 53.0 Å². The molecule has 0 radical (unpaired) electrons. The summed E-state index contributed by atoms with van der Waals surface area (Å²) in [4.78, 5) is 48.6. The molecule has 284 valence electrons. The van der Waals surface area contributed by atoms with E-state index in [9.17, 15) is 31.9 Å². The number of fused-ring (bicyclic) bond motifs is 3. The first-order chi connectivity index (χ1) is 25.0. The van der Waals surface area contributed by atoms with Crippen LogP contribution in [0.3, 0.4) is 0 Å². The first kappa shape index (κ1) is 41.1. The first-order valence-corrected chi connectivity index (χ1v) is 20.3. The molecule has 1 aliphatic rings. The number of aryl methyl sites for hydroxylation is 1. The first-order valence-electron chi connectivity index (χ1n) is 16.6. The van der Waals surface area contributed by atoms with Crippen LogP contribution in [0.5, 0.6) is 0 Å². The van der Waals surface area contributed by atoms with E-state index in [1.165, 1.54) is 23.5 Å². The average Bonchev–Trinajstić information content (AvgIpc) is 3.73. The van der Waals surface area contributed by atoms with Crippen molar-refractivity contribution in [2.75, 3.05) is 6.61 Å². The summed E-state index contributed by atoms with van der Waals surface area (Å²) < 4.78 is 60.8. The zero-order valence-electron chi connectivity index (χ0n) is 28.6. The Hall–Kier alpha value is -3.11. The maximum Gasteiger partial charge on any atom is 0.418 e. The number of carbonyl (C=O) groups excluding carboxylic acids is 3. The number of aromatic amines is 1. The molecule has 2 amide bonds. The van der Waals surface area contributed by atoms with Gasteiger partial charge in [-0.05, 0) is 49.7 Å². The Morgan fingerprint density at radius 2 is 1.83 bits per heavy atom. The molecule has 0 bridgehead atoms. The second-order valence-corrected chi connectivity index (χ2v) is 17.8. The van der Waals surface area contributed by atoms with Crippen molar-refractivity contribution in [3.8, 4) is 0 Å². The van der Waals surface area contributed by atoms with Gasteiger partial charge in [0.15, 0.2) is 10.8 Å². The van der Waals surface area contributed by atoms with Crippen LogP contribution in [0, 0.1) is 5.82 Å². The van der Waals surface area contributed by atoms with E-state index in [0.29, 0.717) is 27.2 Å². The molecule has 0 saturated heterocycles. The summed E-state index contributed by atoms with van der Waals surface area (Å²) in [5, 5.41) is 14.3. The number of halogens is 6. The van der Waals surface area contributed by atoms with Gasteiger partial charge >= 0.3 is 12.1 Å².